The number of nitrogens with one attached hydrogen (secondary N) is 1. The molecule has 0 aliphatic carbocycles. The van der Waals surface area contributed by atoms with Crippen molar-refractivity contribution in [3.8, 4) is 5.75 Å². The predicted molar refractivity (Wildman–Crippen MR) is 147 cm³/mol. The molecule has 1 fully saturated rings. The third-order valence-electron chi connectivity index (χ3n) is 6.58. The highest BCUT2D eigenvalue weighted by Crippen LogP contribution is 2.49. The lowest BCUT2D eigenvalue weighted by Gasteiger charge is -2.28. The van der Waals surface area contributed by atoms with E-state index in [2.05, 4.69) is 20.2 Å². The fourth-order valence-electron chi connectivity index (χ4n) is 4.40. The van der Waals surface area contributed by atoms with Gasteiger partial charge in [-0.2, -0.15) is 10.2 Å². The van der Waals surface area contributed by atoms with Crippen LogP contribution in [-0.2, 0) is 32.9 Å². The van der Waals surface area contributed by atoms with Crippen LogP contribution in [0.15, 0.2) is 42.9 Å². The number of carbonyl (C=O) groups excluding carboxylic acids is 2. The monoisotopic (exact) mass is 607 g/mol. The molecule has 228 valence electrons. The molecule has 2 aromatic heterocycles. The minimum absolute atomic E-state index is 0.110. The molecule has 0 spiro atoms. The number of imidazole rings is 1. The molecule has 15 heteroatoms. The van der Waals surface area contributed by atoms with Crippen molar-refractivity contribution in [1.29, 1.82) is 0 Å². The number of aromatic nitrogens is 4. The van der Waals surface area contributed by atoms with Gasteiger partial charge in [0, 0.05) is 0 Å². The zero-order chi connectivity index (χ0) is 30.7. The quantitative estimate of drug-likeness (QED) is 0.235. The highest BCUT2D eigenvalue weighted by Gasteiger charge is 2.59. The lowest BCUT2D eigenvalue weighted by atomic mass is 9.93. The summed E-state index contributed by atoms with van der Waals surface area (Å²) >= 11 is 0. The van der Waals surface area contributed by atoms with Gasteiger partial charge in [-0.05, 0) is 39.8 Å². The van der Waals surface area contributed by atoms with E-state index in [1.54, 1.807) is 58.0 Å². The van der Waals surface area contributed by atoms with Crippen LogP contribution in [0.3, 0.4) is 0 Å². The molecule has 4 rings (SSSR count). The molecule has 6 atom stereocenters. The molecule has 42 heavy (non-hydrogen) atoms. The number of hydrogen-bond acceptors (Lipinski definition) is 11. The standard InChI is InChI=1S/C27H35FN5O8P/c1-7-37-26(35)18(5)32-42(36,41-19-11-9-8-10-12-19)38-14-21-23(40-25(34)16(2)3)27(6,28)22(39-21)20-13-29-24-17(4)30-15-31-33(20)24/h8-13,15-16,18,21-23H,7,14H2,1-6H3,(H,32,36)/t18-,21+,22-,23+,27-,42?/m0/s1. The summed E-state index contributed by atoms with van der Waals surface area (Å²) in [7, 11) is -4.31. The van der Waals surface area contributed by atoms with Crippen molar-refractivity contribution in [2.75, 3.05) is 13.2 Å². The van der Waals surface area contributed by atoms with Crippen LogP contribution in [0, 0.1) is 12.8 Å². The lowest BCUT2D eigenvalue weighted by Crippen LogP contribution is -2.44. The minimum atomic E-state index is -4.31. The first-order valence-electron chi connectivity index (χ1n) is 13.5. The zero-order valence-corrected chi connectivity index (χ0v) is 25.1. The molecule has 0 bridgehead atoms. The maximum absolute atomic E-state index is 16.7. The molecule has 0 radical (unpaired) electrons. The summed E-state index contributed by atoms with van der Waals surface area (Å²) in [5.74, 6) is -1.71. The van der Waals surface area contributed by atoms with Gasteiger partial charge < -0.3 is 18.7 Å². The Morgan fingerprint density at radius 1 is 1.19 bits per heavy atom. The number of nitrogens with zero attached hydrogens (tertiary/aromatic N) is 4. The number of fused-ring (bicyclic) bond motifs is 1. The fourth-order valence-corrected chi connectivity index (χ4v) is 5.90. The Kier molecular flexibility index (Phi) is 9.61. The SMILES string of the molecule is CCOC(=O)[C@H](C)NP(=O)(OC[C@H]1O[C@@H](c2cnc3c(C)ncnn23)[C@](C)(F)[C@@H]1OC(=O)C(C)C)Oc1ccccc1. The molecular weight excluding hydrogens is 572 g/mol. The maximum atomic E-state index is 16.7. The Morgan fingerprint density at radius 2 is 1.90 bits per heavy atom. The van der Waals surface area contributed by atoms with Crippen LogP contribution in [-0.4, -0.2) is 68.7 Å². The smallest absolute Gasteiger partial charge is 0.459 e. The van der Waals surface area contributed by atoms with Crippen LogP contribution in [0.2, 0.25) is 0 Å². The third-order valence-corrected chi connectivity index (χ3v) is 8.22. The number of esters is 2. The van der Waals surface area contributed by atoms with E-state index in [0.717, 1.165) is 0 Å². The molecular formula is C27H35FN5O8P. The number of ether oxygens (including phenoxy) is 3. The second-order valence-electron chi connectivity index (χ2n) is 10.3. The van der Waals surface area contributed by atoms with Gasteiger partial charge in [-0.1, -0.05) is 32.0 Å². The summed E-state index contributed by atoms with van der Waals surface area (Å²) in [5, 5.41) is 6.75. The van der Waals surface area contributed by atoms with E-state index in [0.29, 0.717) is 11.3 Å². The third kappa shape index (κ3) is 6.78. The van der Waals surface area contributed by atoms with Crippen LogP contribution in [0.4, 0.5) is 4.39 Å². The Hall–Kier alpha value is -3.45. The largest absolute Gasteiger partial charge is 0.465 e. The number of rotatable bonds is 12. The molecule has 1 N–H and O–H groups in total. The number of hydrogen-bond donors (Lipinski definition) is 1. The molecule has 3 aromatic rings. The van der Waals surface area contributed by atoms with Crippen LogP contribution in [0.5, 0.6) is 5.75 Å². The second kappa shape index (κ2) is 12.8. The average molecular weight is 608 g/mol. The molecule has 1 saturated heterocycles. The highest BCUT2D eigenvalue weighted by atomic mass is 31.2. The van der Waals surface area contributed by atoms with Crippen molar-refractivity contribution in [3.05, 3.63) is 54.2 Å². The van der Waals surface area contributed by atoms with Crippen LogP contribution in [0.1, 0.15) is 52.1 Å². The van der Waals surface area contributed by atoms with Gasteiger partial charge in [0.2, 0.25) is 0 Å². The molecule has 1 aromatic carbocycles. The molecule has 1 aliphatic rings. The van der Waals surface area contributed by atoms with E-state index < -0.39 is 62.2 Å². The van der Waals surface area contributed by atoms with Crippen molar-refractivity contribution in [3.63, 3.8) is 0 Å². The Morgan fingerprint density at radius 3 is 2.57 bits per heavy atom. The second-order valence-corrected chi connectivity index (χ2v) is 12.0. The Bertz CT molecular complexity index is 1450. The molecule has 13 nitrogen and oxygen atoms in total. The fraction of sp³-hybridized carbons (Fsp3) is 0.519. The number of benzene rings is 1. The van der Waals surface area contributed by atoms with Gasteiger partial charge >= 0.3 is 19.7 Å². The number of para-hydroxylation sites is 1. The normalized spacial score (nSPS) is 24.3. The summed E-state index contributed by atoms with van der Waals surface area (Å²) in [4.78, 5) is 33.3. The number of aryl methyl sites for hydroxylation is 1. The van der Waals surface area contributed by atoms with E-state index in [9.17, 15) is 14.2 Å². The number of carbonyl (C=O) groups is 2. The average Bonchev–Trinajstić information content (AvgIpc) is 3.47. The van der Waals surface area contributed by atoms with Crippen LogP contribution in [0.25, 0.3) is 5.65 Å². The predicted octanol–water partition coefficient (Wildman–Crippen LogP) is 3.91. The van der Waals surface area contributed by atoms with Crippen molar-refractivity contribution in [2.24, 2.45) is 5.92 Å². The van der Waals surface area contributed by atoms with Gasteiger partial charge in [-0.3, -0.25) is 14.1 Å². The summed E-state index contributed by atoms with van der Waals surface area (Å²) in [6.07, 6.45) is -1.30. The molecule has 0 saturated carbocycles. The van der Waals surface area contributed by atoms with Gasteiger partial charge in [0.05, 0.1) is 36.7 Å². The first-order valence-corrected chi connectivity index (χ1v) is 15.0. The van der Waals surface area contributed by atoms with Crippen molar-refractivity contribution in [1.82, 2.24) is 24.7 Å². The van der Waals surface area contributed by atoms with Crippen molar-refractivity contribution >= 4 is 25.3 Å². The van der Waals surface area contributed by atoms with Gasteiger partial charge in [-0.15, -0.1) is 0 Å². The molecule has 3 heterocycles. The zero-order valence-electron chi connectivity index (χ0n) is 24.2. The summed E-state index contributed by atoms with van der Waals surface area (Å²) < 4.78 is 60.1. The minimum Gasteiger partial charge on any atom is -0.465 e. The lowest BCUT2D eigenvalue weighted by molar-refractivity contribution is -0.162. The van der Waals surface area contributed by atoms with E-state index in [4.69, 9.17) is 23.3 Å². The Labute approximate surface area is 242 Å². The highest BCUT2D eigenvalue weighted by molar-refractivity contribution is 7.52. The van der Waals surface area contributed by atoms with Crippen molar-refractivity contribution in [2.45, 2.75) is 71.6 Å². The summed E-state index contributed by atoms with van der Waals surface area (Å²) in [6.45, 7) is 8.85. The first-order chi connectivity index (χ1) is 19.9. The van der Waals surface area contributed by atoms with Crippen LogP contribution < -0.4 is 9.61 Å². The number of halogens is 1. The summed E-state index contributed by atoms with van der Waals surface area (Å²) in [5.41, 5.74) is -1.06. The van der Waals surface area contributed by atoms with E-state index >= 15 is 4.39 Å². The van der Waals surface area contributed by atoms with Crippen LogP contribution >= 0.6 is 7.75 Å². The topological polar surface area (TPSA) is 152 Å². The van der Waals surface area contributed by atoms with E-state index in [1.807, 2.05) is 0 Å². The molecule has 1 unspecified atom stereocenters. The molecule has 1 aliphatic heterocycles. The van der Waals surface area contributed by atoms with Gasteiger partial charge in [0.15, 0.2) is 17.4 Å². The molecule has 0 amide bonds. The van der Waals surface area contributed by atoms with Gasteiger partial charge in [0.1, 0.15) is 30.3 Å². The Balaban J connectivity index is 1.64. The number of alkyl halides is 1. The van der Waals surface area contributed by atoms with Crippen molar-refractivity contribution < 1.29 is 41.8 Å². The van der Waals surface area contributed by atoms with Gasteiger partial charge in [0.25, 0.3) is 0 Å². The maximum Gasteiger partial charge on any atom is 0.459 e. The first kappa shape index (κ1) is 31.5. The van der Waals surface area contributed by atoms with Gasteiger partial charge in [-0.25, -0.2) is 23.4 Å². The van der Waals surface area contributed by atoms with E-state index in [-0.39, 0.29) is 18.1 Å². The van der Waals surface area contributed by atoms with E-state index in [1.165, 1.54) is 30.9 Å². The summed E-state index contributed by atoms with van der Waals surface area (Å²) in [6, 6.07) is 7.08.